The molecule has 0 spiro atoms. The van der Waals surface area contributed by atoms with Crippen molar-refractivity contribution in [3.8, 4) is 0 Å². The van der Waals surface area contributed by atoms with Gasteiger partial charge in [0.1, 0.15) is 0 Å². The number of thiazole rings is 1. The van der Waals surface area contributed by atoms with Gasteiger partial charge in [-0.1, -0.05) is 13.8 Å². The number of hydrogen-bond donors (Lipinski definition) is 0. The van der Waals surface area contributed by atoms with Crippen molar-refractivity contribution in [1.82, 2.24) is 14.8 Å². The van der Waals surface area contributed by atoms with E-state index in [0.29, 0.717) is 5.92 Å². The van der Waals surface area contributed by atoms with E-state index in [0.717, 1.165) is 54.7 Å². The van der Waals surface area contributed by atoms with Gasteiger partial charge >= 0.3 is 0 Å². The van der Waals surface area contributed by atoms with E-state index < -0.39 is 0 Å². The average molecular weight is 295 g/mol. The highest BCUT2D eigenvalue weighted by Gasteiger charge is 2.19. The second kappa shape index (κ2) is 6.78. The molecule has 5 heteroatoms. The normalized spacial score (nSPS) is 17.9. The molecule has 0 aliphatic carbocycles. The number of aromatic nitrogens is 1. The highest BCUT2D eigenvalue weighted by atomic mass is 32.1. The van der Waals surface area contributed by atoms with Crippen molar-refractivity contribution in [2.24, 2.45) is 0 Å². The van der Waals surface area contributed by atoms with Crippen molar-refractivity contribution in [3.63, 3.8) is 0 Å². The SMILES string of the molecule is CC(=O)c1sc(CCN2CCN(C)CC2)nc1C(C)C. The van der Waals surface area contributed by atoms with Crippen LogP contribution in [0.15, 0.2) is 0 Å². The Hall–Kier alpha value is -0.780. The quantitative estimate of drug-likeness (QED) is 0.781. The average Bonchev–Trinajstić information content (AvgIpc) is 2.83. The molecule has 0 amide bonds. The maximum atomic E-state index is 11.7. The minimum absolute atomic E-state index is 0.150. The zero-order valence-electron chi connectivity index (χ0n) is 13.0. The van der Waals surface area contributed by atoms with Crippen molar-refractivity contribution in [3.05, 3.63) is 15.6 Å². The predicted octanol–water partition coefficient (Wildman–Crippen LogP) is 2.26. The van der Waals surface area contributed by atoms with E-state index in [1.165, 1.54) is 0 Å². The lowest BCUT2D eigenvalue weighted by atomic mass is 10.1. The van der Waals surface area contributed by atoms with E-state index in [9.17, 15) is 4.79 Å². The number of hydrogen-bond acceptors (Lipinski definition) is 5. The molecular weight excluding hydrogens is 270 g/mol. The lowest BCUT2D eigenvalue weighted by Crippen LogP contribution is -2.45. The van der Waals surface area contributed by atoms with Crippen molar-refractivity contribution in [2.75, 3.05) is 39.8 Å². The molecule has 1 aliphatic rings. The van der Waals surface area contributed by atoms with E-state index in [-0.39, 0.29) is 5.78 Å². The van der Waals surface area contributed by atoms with Crippen LogP contribution >= 0.6 is 11.3 Å². The van der Waals surface area contributed by atoms with Crippen LogP contribution < -0.4 is 0 Å². The largest absolute Gasteiger partial charge is 0.304 e. The highest BCUT2D eigenvalue weighted by Crippen LogP contribution is 2.26. The Morgan fingerprint density at radius 2 is 1.95 bits per heavy atom. The Kier molecular flexibility index (Phi) is 5.29. The molecule has 112 valence electrons. The van der Waals surface area contributed by atoms with Crippen LogP contribution in [0.4, 0.5) is 0 Å². The summed E-state index contributed by atoms with van der Waals surface area (Å²) >= 11 is 1.59. The standard InChI is InChI=1S/C15H25N3OS/c1-11(2)14-15(12(3)19)20-13(16-14)5-6-18-9-7-17(4)8-10-18/h11H,5-10H2,1-4H3. The number of piperazine rings is 1. The Labute approximate surface area is 125 Å². The summed E-state index contributed by atoms with van der Waals surface area (Å²) < 4.78 is 0. The summed E-state index contributed by atoms with van der Waals surface area (Å²) in [4.78, 5) is 22.1. The van der Waals surface area contributed by atoms with Gasteiger partial charge in [-0.3, -0.25) is 4.79 Å². The van der Waals surface area contributed by atoms with Crippen molar-refractivity contribution in [2.45, 2.75) is 33.1 Å². The maximum absolute atomic E-state index is 11.7. The lowest BCUT2D eigenvalue weighted by molar-refractivity contribution is 0.102. The summed E-state index contributed by atoms with van der Waals surface area (Å²) in [5.74, 6) is 0.472. The number of Topliss-reactive ketones (excluding diaryl/α,β-unsaturated/α-hetero) is 1. The number of carbonyl (C=O) groups is 1. The molecule has 20 heavy (non-hydrogen) atoms. The van der Waals surface area contributed by atoms with Crippen molar-refractivity contribution in [1.29, 1.82) is 0 Å². The minimum atomic E-state index is 0.150. The van der Waals surface area contributed by atoms with Crippen LogP contribution in [0.1, 0.15) is 47.1 Å². The molecule has 1 saturated heterocycles. The fourth-order valence-electron chi connectivity index (χ4n) is 2.45. The summed E-state index contributed by atoms with van der Waals surface area (Å²) in [6, 6.07) is 0. The first kappa shape index (κ1) is 15.6. The number of likely N-dealkylation sites (N-methyl/N-ethyl adjacent to an activating group) is 1. The van der Waals surface area contributed by atoms with Crippen LogP contribution in [-0.2, 0) is 6.42 Å². The third kappa shape index (κ3) is 3.87. The molecule has 0 aromatic carbocycles. The van der Waals surface area contributed by atoms with E-state index in [4.69, 9.17) is 4.98 Å². The summed E-state index contributed by atoms with van der Waals surface area (Å²) in [7, 11) is 2.17. The number of carbonyl (C=O) groups excluding carboxylic acids is 1. The number of ketones is 1. The molecule has 0 bridgehead atoms. The zero-order valence-corrected chi connectivity index (χ0v) is 13.8. The predicted molar refractivity (Wildman–Crippen MR) is 83.8 cm³/mol. The second-order valence-corrected chi connectivity index (χ2v) is 7.01. The van der Waals surface area contributed by atoms with E-state index >= 15 is 0 Å². The molecule has 1 aliphatic heterocycles. The third-order valence-corrected chi connectivity index (χ3v) is 5.03. The molecule has 0 N–H and O–H groups in total. The molecule has 4 nitrogen and oxygen atoms in total. The van der Waals surface area contributed by atoms with Crippen LogP contribution in [0.3, 0.4) is 0 Å². The van der Waals surface area contributed by atoms with Gasteiger partial charge in [0.05, 0.1) is 15.6 Å². The van der Waals surface area contributed by atoms with Crippen molar-refractivity contribution < 1.29 is 4.79 Å². The van der Waals surface area contributed by atoms with Gasteiger partial charge in [-0.15, -0.1) is 11.3 Å². The van der Waals surface area contributed by atoms with Crippen LogP contribution in [0, 0.1) is 0 Å². The van der Waals surface area contributed by atoms with Gasteiger partial charge in [-0.2, -0.15) is 0 Å². The number of rotatable bonds is 5. The topological polar surface area (TPSA) is 36.4 Å². The van der Waals surface area contributed by atoms with E-state index in [1.54, 1.807) is 18.3 Å². The Bertz CT molecular complexity index is 462. The summed E-state index contributed by atoms with van der Waals surface area (Å²) in [5, 5.41) is 1.11. The second-order valence-electron chi connectivity index (χ2n) is 5.93. The van der Waals surface area contributed by atoms with Crippen LogP contribution in [0.5, 0.6) is 0 Å². The van der Waals surface area contributed by atoms with E-state index in [1.807, 2.05) is 0 Å². The molecular formula is C15H25N3OS. The molecule has 1 fully saturated rings. The summed E-state index contributed by atoms with van der Waals surface area (Å²) in [6.45, 7) is 11.5. The van der Waals surface area contributed by atoms with Gasteiger partial charge < -0.3 is 9.80 Å². The molecule has 0 unspecified atom stereocenters. The fourth-order valence-corrected chi connectivity index (χ4v) is 3.56. The molecule has 1 aromatic heterocycles. The highest BCUT2D eigenvalue weighted by molar-refractivity contribution is 7.13. The summed E-state index contributed by atoms with van der Waals surface area (Å²) in [6.07, 6.45) is 0.960. The van der Waals surface area contributed by atoms with Gasteiger partial charge in [-0.05, 0) is 13.0 Å². The molecule has 0 atom stereocenters. The minimum Gasteiger partial charge on any atom is -0.304 e. The Morgan fingerprint density at radius 1 is 1.30 bits per heavy atom. The Balaban J connectivity index is 1.96. The monoisotopic (exact) mass is 295 g/mol. The first-order chi connectivity index (χ1) is 9.47. The number of nitrogens with zero attached hydrogens (tertiary/aromatic N) is 3. The van der Waals surface area contributed by atoms with Gasteiger partial charge in [0.25, 0.3) is 0 Å². The molecule has 1 aromatic rings. The zero-order chi connectivity index (χ0) is 14.7. The molecule has 2 heterocycles. The van der Waals surface area contributed by atoms with Gasteiger partial charge in [0.15, 0.2) is 5.78 Å². The lowest BCUT2D eigenvalue weighted by Gasteiger charge is -2.32. The van der Waals surface area contributed by atoms with Crippen LogP contribution in [-0.4, -0.2) is 60.3 Å². The first-order valence-corrected chi connectivity index (χ1v) is 8.20. The van der Waals surface area contributed by atoms with E-state index in [2.05, 4.69) is 30.7 Å². The fraction of sp³-hybridized carbons (Fsp3) is 0.733. The third-order valence-electron chi connectivity index (χ3n) is 3.80. The first-order valence-electron chi connectivity index (χ1n) is 7.38. The van der Waals surface area contributed by atoms with Crippen molar-refractivity contribution >= 4 is 17.1 Å². The molecule has 0 saturated carbocycles. The smallest absolute Gasteiger partial charge is 0.171 e. The van der Waals surface area contributed by atoms with Gasteiger partial charge in [0, 0.05) is 46.1 Å². The van der Waals surface area contributed by atoms with Crippen LogP contribution in [0.2, 0.25) is 0 Å². The van der Waals surface area contributed by atoms with Gasteiger partial charge in [0.2, 0.25) is 0 Å². The summed E-state index contributed by atoms with van der Waals surface area (Å²) in [5.41, 5.74) is 0.982. The van der Waals surface area contributed by atoms with Crippen LogP contribution in [0.25, 0.3) is 0 Å². The maximum Gasteiger partial charge on any atom is 0.171 e. The molecule has 2 rings (SSSR count). The molecule has 0 radical (unpaired) electrons. The Morgan fingerprint density at radius 3 is 2.45 bits per heavy atom. The van der Waals surface area contributed by atoms with Gasteiger partial charge in [-0.25, -0.2) is 4.98 Å².